The van der Waals surface area contributed by atoms with E-state index in [9.17, 15) is 0 Å². The second kappa shape index (κ2) is 13.7. The molecule has 0 spiro atoms. The highest BCUT2D eigenvalue weighted by atomic mass is 14.9. The molecule has 3 rings (SSSR count). The van der Waals surface area contributed by atoms with Crippen molar-refractivity contribution in [1.29, 1.82) is 0 Å². The van der Waals surface area contributed by atoms with Crippen molar-refractivity contribution in [2.75, 3.05) is 5.32 Å². The number of nitrogens with one attached hydrogen (secondary N) is 1. The quantitative estimate of drug-likeness (QED) is 0.350. The van der Waals surface area contributed by atoms with Crippen molar-refractivity contribution in [3.05, 3.63) is 127 Å². The van der Waals surface area contributed by atoms with E-state index in [1.807, 2.05) is 66.7 Å². The van der Waals surface area contributed by atoms with Gasteiger partial charge >= 0.3 is 0 Å². The van der Waals surface area contributed by atoms with Crippen LogP contribution in [0, 0.1) is 6.58 Å². The molecule has 0 aliphatic heterocycles. The molecule has 28 heavy (non-hydrogen) atoms. The minimum absolute atomic E-state index is 0. The minimum atomic E-state index is 0. The highest BCUT2D eigenvalue weighted by Crippen LogP contribution is 2.09. The van der Waals surface area contributed by atoms with Crippen LogP contribution < -0.4 is 5.32 Å². The molecule has 1 N–H and O–H groups in total. The highest BCUT2D eigenvalue weighted by molar-refractivity contribution is 5.52. The number of para-hydroxylation sites is 1. The van der Waals surface area contributed by atoms with Crippen molar-refractivity contribution in [3.8, 4) is 0 Å². The Morgan fingerprint density at radius 1 is 0.714 bits per heavy atom. The van der Waals surface area contributed by atoms with E-state index < -0.39 is 0 Å². The van der Waals surface area contributed by atoms with Gasteiger partial charge in [-0.2, -0.15) is 0 Å². The van der Waals surface area contributed by atoms with Gasteiger partial charge in [-0.05, 0) is 30.2 Å². The Bertz CT molecular complexity index is 818. The Labute approximate surface area is 170 Å². The minimum Gasteiger partial charge on any atom is -0.379 e. The van der Waals surface area contributed by atoms with Gasteiger partial charge in [0, 0.05) is 24.4 Å². The van der Waals surface area contributed by atoms with Crippen LogP contribution in [0.1, 0.15) is 25.5 Å². The number of anilines is 1. The summed E-state index contributed by atoms with van der Waals surface area (Å²) in [5, 5.41) is 3.43. The molecule has 0 aromatic heterocycles. The first-order valence-corrected chi connectivity index (χ1v) is 9.09. The van der Waals surface area contributed by atoms with Gasteiger partial charge in [0.05, 0.1) is 6.08 Å². The third-order valence-corrected chi connectivity index (χ3v) is 3.74. The van der Waals surface area contributed by atoms with Gasteiger partial charge in [-0.15, -0.1) is 0 Å². The topological polar surface area (TPSA) is 12.0 Å². The van der Waals surface area contributed by atoms with Crippen molar-refractivity contribution in [2.45, 2.75) is 20.4 Å². The van der Waals surface area contributed by atoms with Crippen LogP contribution in [0.4, 0.5) is 5.69 Å². The molecule has 0 aliphatic rings. The van der Waals surface area contributed by atoms with E-state index in [4.69, 9.17) is 6.58 Å². The summed E-state index contributed by atoms with van der Waals surface area (Å²) in [6, 6.07) is 30.9. The predicted octanol–water partition coefficient (Wildman–Crippen LogP) is 7.53. The van der Waals surface area contributed by atoms with Crippen molar-refractivity contribution in [2.24, 2.45) is 0 Å². The molecule has 3 aromatic carbocycles. The molecule has 0 heterocycles. The van der Waals surface area contributed by atoms with Crippen molar-refractivity contribution >= 4 is 17.8 Å². The summed E-state index contributed by atoms with van der Waals surface area (Å²) in [6.07, 6.45) is 9.60. The zero-order chi connectivity index (χ0) is 19.2. The Morgan fingerprint density at radius 2 is 1.18 bits per heavy atom. The molecule has 0 aliphatic carbocycles. The maximum absolute atomic E-state index is 5.16. The molecule has 3 aromatic rings. The van der Waals surface area contributed by atoms with Crippen molar-refractivity contribution in [3.63, 3.8) is 0 Å². The monoisotopic (exact) mass is 368 g/mol. The number of hydrogen-bond acceptors (Lipinski definition) is 1. The standard InChI is InChI=1S/C16H17N.C10H9.CH4/c1-14(17-16-10-6-3-7-11-16)12-13-15-8-4-2-5-9-15;1-2-3-7-10-8-5-4-6-9-10;/h2-14,17H,1H3;1-9H;1H4/q;+1;/b13-12+;7-3+;. The van der Waals surface area contributed by atoms with Gasteiger partial charge in [0.1, 0.15) is 0 Å². The first-order valence-electron chi connectivity index (χ1n) is 9.09. The molecule has 0 saturated heterocycles. The molecule has 0 bridgehead atoms. The van der Waals surface area contributed by atoms with E-state index in [-0.39, 0.29) is 7.43 Å². The Morgan fingerprint density at radius 3 is 1.68 bits per heavy atom. The summed E-state index contributed by atoms with van der Waals surface area (Å²) in [7, 11) is 0. The summed E-state index contributed by atoms with van der Waals surface area (Å²) < 4.78 is 0. The lowest BCUT2D eigenvalue weighted by molar-refractivity contribution is 1.00. The van der Waals surface area contributed by atoms with Crippen LogP contribution in [-0.2, 0) is 0 Å². The van der Waals surface area contributed by atoms with E-state index in [1.165, 1.54) is 17.2 Å². The van der Waals surface area contributed by atoms with Crippen LogP contribution in [0.5, 0.6) is 0 Å². The molecule has 142 valence electrons. The number of hydrogen-bond donors (Lipinski definition) is 1. The molecular weight excluding hydrogens is 338 g/mol. The molecule has 1 atom stereocenters. The Hall–Kier alpha value is -3.41. The summed E-state index contributed by atoms with van der Waals surface area (Å²) >= 11 is 0. The zero-order valence-corrected chi connectivity index (χ0v) is 15.7. The molecular formula is C27H30N+. The first kappa shape index (κ1) is 22.6. The summed E-state index contributed by atoms with van der Waals surface area (Å²) in [6.45, 7) is 7.31. The second-order valence-corrected chi connectivity index (χ2v) is 6.03. The van der Waals surface area contributed by atoms with E-state index in [1.54, 1.807) is 0 Å². The van der Waals surface area contributed by atoms with Crippen LogP contribution >= 0.6 is 0 Å². The van der Waals surface area contributed by atoms with Gasteiger partial charge in [-0.1, -0.05) is 98.4 Å². The smallest absolute Gasteiger partial charge is 0.151 e. The second-order valence-electron chi connectivity index (χ2n) is 6.03. The summed E-state index contributed by atoms with van der Waals surface area (Å²) in [5.41, 5.74) is 3.55. The number of allylic oxidation sites excluding steroid dienone is 2. The lowest BCUT2D eigenvalue weighted by Crippen LogP contribution is -2.11. The van der Waals surface area contributed by atoms with Gasteiger partial charge in [0.2, 0.25) is 0 Å². The van der Waals surface area contributed by atoms with Crippen LogP contribution in [0.15, 0.2) is 109 Å². The van der Waals surface area contributed by atoms with Gasteiger partial charge in [0.25, 0.3) is 0 Å². The van der Waals surface area contributed by atoms with Crippen molar-refractivity contribution < 1.29 is 0 Å². The third-order valence-electron chi connectivity index (χ3n) is 3.74. The third kappa shape index (κ3) is 9.33. The van der Waals surface area contributed by atoms with Gasteiger partial charge in [0.15, 0.2) is 6.08 Å². The van der Waals surface area contributed by atoms with Crippen LogP contribution in [-0.4, -0.2) is 6.04 Å². The largest absolute Gasteiger partial charge is 0.379 e. The molecule has 1 heteroatoms. The predicted molar refractivity (Wildman–Crippen MR) is 126 cm³/mol. The normalized spacial score (nSPS) is 11.1. The Balaban J connectivity index is 0.000000307. The maximum atomic E-state index is 5.16. The summed E-state index contributed by atoms with van der Waals surface area (Å²) in [5.74, 6) is 0. The van der Waals surface area contributed by atoms with Crippen LogP contribution in [0.2, 0.25) is 0 Å². The molecule has 0 fully saturated rings. The van der Waals surface area contributed by atoms with E-state index in [2.05, 4.69) is 60.8 Å². The maximum Gasteiger partial charge on any atom is 0.151 e. The SMILES string of the molecule is C.CC(/C=C/c1ccccc1)Nc1ccccc1.[CH+]=C/C=C/c1ccccc1. The zero-order valence-electron chi connectivity index (χ0n) is 15.7. The molecule has 1 nitrogen and oxygen atoms in total. The van der Waals surface area contributed by atoms with E-state index in [0.29, 0.717) is 6.04 Å². The fraction of sp³-hybridized carbons (Fsp3) is 0.111. The molecule has 0 radical (unpaired) electrons. The number of rotatable bonds is 6. The summed E-state index contributed by atoms with van der Waals surface area (Å²) in [4.78, 5) is 0. The molecule has 0 amide bonds. The van der Waals surface area contributed by atoms with Crippen LogP contribution in [0.3, 0.4) is 0 Å². The van der Waals surface area contributed by atoms with Crippen molar-refractivity contribution in [1.82, 2.24) is 0 Å². The average Bonchev–Trinajstić information content (AvgIpc) is 2.73. The Kier molecular flexibility index (Phi) is 11.1. The van der Waals surface area contributed by atoms with Gasteiger partial charge in [-0.3, -0.25) is 0 Å². The van der Waals surface area contributed by atoms with E-state index in [0.717, 1.165) is 5.69 Å². The van der Waals surface area contributed by atoms with Crippen LogP contribution in [0.25, 0.3) is 12.2 Å². The number of benzene rings is 3. The average molecular weight is 369 g/mol. The fourth-order valence-electron chi connectivity index (χ4n) is 2.40. The first-order chi connectivity index (χ1) is 13.3. The lowest BCUT2D eigenvalue weighted by atomic mass is 10.2. The fourth-order valence-corrected chi connectivity index (χ4v) is 2.40. The van der Waals surface area contributed by atoms with Gasteiger partial charge in [-0.25, -0.2) is 0 Å². The highest BCUT2D eigenvalue weighted by Gasteiger charge is 1.95. The van der Waals surface area contributed by atoms with E-state index >= 15 is 0 Å². The van der Waals surface area contributed by atoms with Gasteiger partial charge < -0.3 is 5.32 Å². The lowest BCUT2D eigenvalue weighted by Gasteiger charge is -2.10. The molecule has 1 unspecified atom stereocenters. The molecule has 0 saturated carbocycles.